The van der Waals surface area contributed by atoms with E-state index in [0.717, 1.165) is 4.47 Å². The molecule has 0 spiro atoms. The van der Waals surface area contributed by atoms with Crippen molar-refractivity contribution in [2.45, 2.75) is 13.3 Å². The van der Waals surface area contributed by atoms with Gasteiger partial charge in [0.2, 0.25) is 0 Å². The lowest BCUT2D eigenvalue weighted by Gasteiger charge is -2.09. The molecule has 7 nitrogen and oxygen atoms in total. The van der Waals surface area contributed by atoms with Gasteiger partial charge in [0.25, 0.3) is 5.56 Å². The first-order chi connectivity index (χ1) is 13.0. The van der Waals surface area contributed by atoms with Crippen molar-refractivity contribution in [1.82, 2.24) is 9.66 Å². The molecule has 0 atom stereocenters. The molecule has 8 heteroatoms. The van der Waals surface area contributed by atoms with Gasteiger partial charge < -0.3 is 9.84 Å². The first-order valence-corrected chi connectivity index (χ1v) is 8.98. The van der Waals surface area contributed by atoms with Gasteiger partial charge in [-0.25, -0.2) is 9.78 Å². The van der Waals surface area contributed by atoms with Crippen LogP contribution in [-0.2, 0) is 11.2 Å². The summed E-state index contributed by atoms with van der Waals surface area (Å²) >= 11 is 3.36. The molecule has 0 bridgehead atoms. The van der Waals surface area contributed by atoms with Crippen LogP contribution in [0.15, 0.2) is 56.8 Å². The zero-order valence-electron chi connectivity index (χ0n) is 14.4. The number of aliphatic carboxylic acids is 1. The highest BCUT2D eigenvalue weighted by Crippen LogP contribution is 2.17. The summed E-state index contributed by atoms with van der Waals surface area (Å²) in [6, 6.07) is 12.2. The molecule has 0 saturated carbocycles. The number of fused-ring (bicyclic) bond motifs is 1. The molecule has 3 rings (SSSR count). The topological polar surface area (TPSA) is 93.8 Å². The van der Waals surface area contributed by atoms with Crippen LogP contribution in [0.2, 0.25) is 0 Å². The van der Waals surface area contributed by atoms with Crippen LogP contribution >= 0.6 is 15.9 Å². The van der Waals surface area contributed by atoms with E-state index < -0.39 is 12.6 Å². The summed E-state index contributed by atoms with van der Waals surface area (Å²) in [4.78, 5) is 28.1. The van der Waals surface area contributed by atoms with Gasteiger partial charge >= 0.3 is 5.97 Å². The van der Waals surface area contributed by atoms with Gasteiger partial charge in [-0.1, -0.05) is 35.0 Å². The number of hydrogen-bond donors (Lipinski definition) is 1. The minimum Gasteiger partial charge on any atom is -0.481 e. The molecule has 2 aromatic carbocycles. The standard InChI is InChI=1S/C19H16BrN3O4/c1-2-17-22-15-8-7-13(20)9-14(15)19(26)23(17)21-10-12-5-3-4-6-16(12)27-11-18(24)25/h3-10H,2,11H2,1H3,(H,24,25). The van der Waals surface area contributed by atoms with Crippen molar-refractivity contribution < 1.29 is 14.6 Å². The number of carboxylic acids is 1. The monoisotopic (exact) mass is 429 g/mol. The lowest BCUT2D eigenvalue weighted by molar-refractivity contribution is -0.139. The van der Waals surface area contributed by atoms with E-state index >= 15 is 0 Å². The van der Waals surface area contributed by atoms with Crippen LogP contribution in [0.25, 0.3) is 10.9 Å². The first kappa shape index (κ1) is 18.8. The Kier molecular flexibility index (Phi) is 5.66. The van der Waals surface area contributed by atoms with Gasteiger partial charge in [0, 0.05) is 16.5 Å². The Balaban J connectivity index is 2.05. The van der Waals surface area contributed by atoms with Crippen LogP contribution in [0.5, 0.6) is 5.75 Å². The summed E-state index contributed by atoms with van der Waals surface area (Å²) in [6.45, 7) is 1.43. The second kappa shape index (κ2) is 8.13. The molecule has 1 aromatic heterocycles. The fraction of sp³-hybridized carbons (Fsp3) is 0.158. The normalized spacial score (nSPS) is 11.2. The Morgan fingerprint density at radius 2 is 2.11 bits per heavy atom. The Hall–Kier alpha value is -3.00. The minimum atomic E-state index is -1.07. The largest absolute Gasteiger partial charge is 0.481 e. The highest BCUT2D eigenvalue weighted by molar-refractivity contribution is 9.10. The minimum absolute atomic E-state index is 0.279. The molecule has 0 saturated heterocycles. The number of aryl methyl sites for hydroxylation is 1. The highest BCUT2D eigenvalue weighted by atomic mass is 79.9. The van der Waals surface area contributed by atoms with Gasteiger partial charge in [-0.05, 0) is 30.3 Å². The van der Waals surface area contributed by atoms with Crippen LogP contribution in [0, 0.1) is 0 Å². The number of hydrogen-bond acceptors (Lipinski definition) is 5. The third-order valence-electron chi connectivity index (χ3n) is 3.77. The average molecular weight is 430 g/mol. The van der Waals surface area contributed by atoms with Gasteiger partial charge in [-0.2, -0.15) is 9.78 Å². The van der Waals surface area contributed by atoms with Crippen molar-refractivity contribution in [3.63, 3.8) is 0 Å². The lowest BCUT2D eigenvalue weighted by atomic mass is 10.2. The number of carbonyl (C=O) groups is 1. The zero-order valence-corrected chi connectivity index (χ0v) is 16.0. The zero-order chi connectivity index (χ0) is 19.4. The van der Waals surface area contributed by atoms with Crippen LogP contribution < -0.4 is 10.3 Å². The van der Waals surface area contributed by atoms with Crippen LogP contribution in [0.1, 0.15) is 18.3 Å². The Morgan fingerprint density at radius 1 is 1.33 bits per heavy atom. The summed E-state index contributed by atoms with van der Waals surface area (Å²) in [6.07, 6.45) is 1.99. The molecule has 0 aliphatic rings. The van der Waals surface area contributed by atoms with E-state index in [-0.39, 0.29) is 5.56 Å². The Labute approximate surface area is 163 Å². The molecule has 0 aliphatic heterocycles. The fourth-order valence-corrected chi connectivity index (χ4v) is 2.88. The van der Waals surface area contributed by atoms with Crippen molar-refractivity contribution in [3.8, 4) is 5.75 Å². The molecule has 1 N–H and O–H groups in total. The summed E-state index contributed by atoms with van der Waals surface area (Å²) in [7, 11) is 0. The quantitative estimate of drug-likeness (QED) is 0.607. The third-order valence-corrected chi connectivity index (χ3v) is 4.27. The molecule has 0 fully saturated rings. The number of halogens is 1. The van der Waals surface area contributed by atoms with E-state index in [4.69, 9.17) is 9.84 Å². The fourth-order valence-electron chi connectivity index (χ4n) is 2.52. The molecule has 27 heavy (non-hydrogen) atoms. The summed E-state index contributed by atoms with van der Waals surface area (Å²) in [5, 5.41) is 13.5. The van der Waals surface area contributed by atoms with Gasteiger partial charge in [0.15, 0.2) is 6.61 Å². The van der Waals surface area contributed by atoms with E-state index in [0.29, 0.717) is 34.5 Å². The van der Waals surface area contributed by atoms with Crippen molar-refractivity contribution in [1.29, 1.82) is 0 Å². The van der Waals surface area contributed by atoms with Crippen LogP contribution in [-0.4, -0.2) is 33.6 Å². The van der Waals surface area contributed by atoms with Crippen molar-refractivity contribution in [2.75, 3.05) is 6.61 Å². The first-order valence-electron chi connectivity index (χ1n) is 8.18. The second-order valence-electron chi connectivity index (χ2n) is 5.62. The van der Waals surface area contributed by atoms with Crippen LogP contribution in [0.4, 0.5) is 0 Å². The number of aromatic nitrogens is 2. The number of ether oxygens (including phenoxy) is 1. The number of carboxylic acid groups (broad SMARTS) is 1. The van der Waals surface area contributed by atoms with Crippen molar-refractivity contribution in [3.05, 3.63) is 68.7 Å². The van der Waals surface area contributed by atoms with Gasteiger partial charge in [-0.3, -0.25) is 4.79 Å². The maximum absolute atomic E-state index is 12.9. The number of para-hydroxylation sites is 1. The summed E-state index contributed by atoms with van der Waals surface area (Å²) < 4.78 is 7.29. The van der Waals surface area contributed by atoms with E-state index in [9.17, 15) is 9.59 Å². The maximum Gasteiger partial charge on any atom is 0.341 e. The molecular formula is C19H16BrN3O4. The van der Waals surface area contributed by atoms with Crippen molar-refractivity contribution >= 4 is 39.0 Å². The second-order valence-corrected chi connectivity index (χ2v) is 6.54. The number of rotatable bonds is 6. The van der Waals surface area contributed by atoms with Crippen molar-refractivity contribution in [2.24, 2.45) is 5.10 Å². The molecule has 0 radical (unpaired) electrons. The van der Waals surface area contributed by atoms with Gasteiger partial charge in [-0.15, -0.1) is 0 Å². The molecule has 3 aromatic rings. The predicted octanol–water partition coefficient (Wildman–Crippen LogP) is 3.07. The Bertz CT molecular complexity index is 1090. The average Bonchev–Trinajstić information content (AvgIpc) is 2.66. The van der Waals surface area contributed by atoms with E-state index in [1.54, 1.807) is 36.4 Å². The highest BCUT2D eigenvalue weighted by Gasteiger charge is 2.10. The maximum atomic E-state index is 12.9. The molecule has 0 amide bonds. The molecule has 1 heterocycles. The molecular weight excluding hydrogens is 414 g/mol. The van der Waals surface area contributed by atoms with E-state index in [2.05, 4.69) is 26.0 Å². The Morgan fingerprint density at radius 3 is 2.85 bits per heavy atom. The van der Waals surface area contributed by atoms with E-state index in [1.165, 1.54) is 10.9 Å². The summed E-state index contributed by atoms with van der Waals surface area (Å²) in [5.74, 6) is -0.184. The SMILES string of the molecule is CCc1nc2ccc(Br)cc2c(=O)n1N=Cc1ccccc1OCC(=O)O. The molecule has 138 valence electrons. The van der Waals surface area contributed by atoms with Crippen LogP contribution in [0.3, 0.4) is 0 Å². The smallest absolute Gasteiger partial charge is 0.341 e. The van der Waals surface area contributed by atoms with Gasteiger partial charge in [0.05, 0.1) is 17.1 Å². The molecule has 0 unspecified atom stereocenters. The summed E-state index contributed by atoms with van der Waals surface area (Å²) in [5.41, 5.74) is 0.886. The number of nitrogens with zero attached hydrogens (tertiary/aromatic N) is 3. The molecule has 0 aliphatic carbocycles. The third kappa shape index (κ3) is 4.22. The lowest BCUT2D eigenvalue weighted by Crippen LogP contribution is -2.22. The number of benzene rings is 2. The van der Waals surface area contributed by atoms with Gasteiger partial charge in [0.1, 0.15) is 11.6 Å². The van der Waals surface area contributed by atoms with E-state index in [1.807, 2.05) is 13.0 Å². The predicted molar refractivity (Wildman–Crippen MR) is 106 cm³/mol.